The fourth-order valence-corrected chi connectivity index (χ4v) is 4.14. The maximum atomic E-state index is 6.69. The van der Waals surface area contributed by atoms with E-state index in [4.69, 9.17) is 10.7 Å². The molecule has 3 rings (SSSR count). The van der Waals surface area contributed by atoms with Crippen molar-refractivity contribution in [2.75, 3.05) is 0 Å². The zero-order valence-corrected chi connectivity index (χ0v) is 12.9. The molecule has 2 N–H and O–H groups in total. The summed E-state index contributed by atoms with van der Waals surface area (Å²) in [5, 5.41) is 1.13. The van der Waals surface area contributed by atoms with Gasteiger partial charge in [0.2, 0.25) is 0 Å². The molecule has 0 bridgehead atoms. The van der Waals surface area contributed by atoms with Crippen molar-refractivity contribution in [1.29, 1.82) is 0 Å². The number of aryl methyl sites for hydroxylation is 1. The van der Waals surface area contributed by atoms with Crippen molar-refractivity contribution >= 4 is 11.3 Å². The van der Waals surface area contributed by atoms with Gasteiger partial charge in [0, 0.05) is 10.4 Å². The van der Waals surface area contributed by atoms with Crippen LogP contribution in [0.4, 0.5) is 0 Å². The Morgan fingerprint density at radius 3 is 2.35 bits per heavy atom. The normalized spacial score (nSPS) is 18.7. The minimum atomic E-state index is -0.195. The lowest BCUT2D eigenvalue weighted by atomic mass is 9.92. The smallest absolute Gasteiger partial charge is 0.113 e. The fourth-order valence-electron chi connectivity index (χ4n) is 3.05. The third kappa shape index (κ3) is 2.65. The average Bonchev–Trinajstić information content (AvgIpc) is 2.72. The molecular weight excluding hydrogens is 264 g/mol. The topological polar surface area (TPSA) is 38.9 Å². The van der Waals surface area contributed by atoms with E-state index in [0.29, 0.717) is 0 Å². The fraction of sp³-hybridized carbons (Fsp3) is 0.471. The van der Waals surface area contributed by atoms with Gasteiger partial charge in [0.05, 0.1) is 11.2 Å². The van der Waals surface area contributed by atoms with E-state index in [-0.39, 0.29) is 5.54 Å². The van der Waals surface area contributed by atoms with Crippen molar-refractivity contribution in [2.24, 2.45) is 5.73 Å². The van der Waals surface area contributed by atoms with Gasteiger partial charge < -0.3 is 5.73 Å². The number of hydrogen-bond donors (Lipinski definition) is 1. The molecule has 106 valence electrons. The van der Waals surface area contributed by atoms with Crippen LogP contribution in [0.3, 0.4) is 0 Å². The van der Waals surface area contributed by atoms with E-state index in [0.717, 1.165) is 23.5 Å². The van der Waals surface area contributed by atoms with Crippen LogP contribution in [0.25, 0.3) is 11.3 Å². The van der Waals surface area contributed by atoms with E-state index in [2.05, 4.69) is 31.2 Å². The standard InChI is InChI=1S/C17H22N2S/c1-13-15(14-9-5-4-6-10-14)19-16(20-13)17(18)11-7-2-3-8-12-17/h4-6,9-10H,2-3,7-8,11-12,18H2,1H3. The highest BCUT2D eigenvalue weighted by Crippen LogP contribution is 2.38. The molecule has 1 fully saturated rings. The van der Waals surface area contributed by atoms with Gasteiger partial charge in [-0.2, -0.15) is 0 Å². The second kappa shape index (κ2) is 5.66. The molecule has 1 aromatic carbocycles. The number of nitrogens with zero attached hydrogens (tertiary/aromatic N) is 1. The summed E-state index contributed by atoms with van der Waals surface area (Å²) in [7, 11) is 0. The molecule has 3 heteroatoms. The average molecular weight is 286 g/mol. The summed E-state index contributed by atoms with van der Waals surface area (Å²) >= 11 is 1.79. The molecule has 1 saturated carbocycles. The Morgan fingerprint density at radius 2 is 1.70 bits per heavy atom. The molecule has 20 heavy (non-hydrogen) atoms. The molecule has 2 nitrogen and oxygen atoms in total. The van der Waals surface area contributed by atoms with Gasteiger partial charge in [0.15, 0.2) is 0 Å². The quantitative estimate of drug-likeness (QED) is 0.818. The Kier molecular flexibility index (Phi) is 3.90. The minimum Gasteiger partial charge on any atom is -0.319 e. The molecule has 2 aromatic rings. The number of aromatic nitrogens is 1. The van der Waals surface area contributed by atoms with E-state index < -0.39 is 0 Å². The highest BCUT2D eigenvalue weighted by Gasteiger charge is 2.32. The molecule has 0 atom stereocenters. The van der Waals surface area contributed by atoms with Crippen molar-refractivity contribution in [3.63, 3.8) is 0 Å². The lowest BCUT2D eigenvalue weighted by molar-refractivity contribution is 0.384. The molecule has 1 heterocycles. The van der Waals surface area contributed by atoms with Gasteiger partial charge in [0.25, 0.3) is 0 Å². The molecule has 1 aliphatic carbocycles. The van der Waals surface area contributed by atoms with Crippen molar-refractivity contribution in [3.05, 3.63) is 40.2 Å². The van der Waals surface area contributed by atoms with Crippen LogP contribution in [-0.2, 0) is 5.54 Å². The van der Waals surface area contributed by atoms with E-state index in [1.54, 1.807) is 11.3 Å². The van der Waals surface area contributed by atoms with Crippen molar-refractivity contribution in [3.8, 4) is 11.3 Å². The number of benzene rings is 1. The van der Waals surface area contributed by atoms with Gasteiger partial charge >= 0.3 is 0 Å². The minimum absolute atomic E-state index is 0.195. The highest BCUT2D eigenvalue weighted by molar-refractivity contribution is 7.12. The summed E-state index contributed by atoms with van der Waals surface area (Å²) < 4.78 is 0. The third-order valence-corrected chi connectivity index (χ3v) is 5.46. The van der Waals surface area contributed by atoms with E-state index in [1.807, 2.05) is 6.07 Å². The molecule has 0 aliphatic heterocycles. The second-order valence-corrected chi connectivity index (χ2v) is 7.06. The van der Waals surface area contributed by atoms with Crippen LogP contribution in [-0.4, -0.2) is 4.98 Å². The molecule has 0 saturated heterocycles. The van der Waals surface area contributed by atoms with Crippen LogP contribution in [0.15, 0.2) is 30.3 Å². The van der Waals surface area contributed by atoms with E-state index in [1.165, 1.54) is 36.1 Å². The number of thiazole rings is 1. The zero-order valence-electron chi connectivity index (χ0n) is 12.1. The molecule has 1 aromatic heterocycles. The van der Waals surface area contributed by atoms with Crippen LogP contribution in [0.1, 0.15) is 48.4 Å². The molecule has 0 spiro atoms. The predicted molar refractivity (Wildman–Crippen MR) is 85.9 cm³/mol. The van der Waals surface area contributed by atoms with Gasteiger partial charge in [-0.3, -0.25) is 0 Å². The summed E-state index contributed by atoms with van der Waals surface area (Å²) in [6, 6.07) is 10.4. The number of hydrogen-bond acceptors (Lipinski definition) is 3. The number of nitrogens with two attached hydrogens (primary N) is 1. The summed E-state index contributed by atoms with van der Waals surface area (Å²) in [4.78, 5) is 6.19. The number of rotatable bonds is 2. The van der Waals surface area contributed by atoms with Crippen LogP contribution < -0.4 is 5.73 Å². The van der Waals surface area contributed by atoms with Gasteiger partial charge in [0.1, 0.15) is 5.01 Å². The zero-order chi connectivity index (χ0) is 14.0. The van der Waals surface area contributed by atoms with Crippen LogP contribution >= 0.6 is 11.3 Å². The summed E-state index contributed by atoms with van der Waals surface area (Å²) in [5.74, 6) is 0. The predicted octanol–water partition coefficient (Wildman–Crippen LogP) is 4.63. The molecular formula is C17H22N2S. The van der Waals surface area contributed by atoms with Crippen LogP contribution in [0.2, 0.25) is 0 Å². The lowest BCUT2D eigenvalue weighted by Gasteiger charge is -2.25. The molecule has 0 unspecified atom stereocenters. The first-order chi connectivity index (χ1) is 9.69. The molecule has 1 aliphatic rings. The Bertz CT molecular complexity index is 566. The summed E-state index contributed by atoms with van der Waals surface area (Å²) in [5.41, 5.74) is 8.80. The first-order valence-corrected chi connectivity index (χ1v) is 8.33. The Hall–Kier alpha value is -1.19. The maximum absolute atomic E-state index is 6.69. The Morgan fingerprint density at radius 1 is 1.05 bits per heavy atom. The van der Waals surface area contributed by atoms with Gasteiger partial charge in [-0.05, 0) is 19.8 Å². The second-order valence-electron chi connectivity index (χ2n) is 5.86. The monoisotopic (exact) mass is 286 g/mol. The van der Waals surface area contributed by atoms with Crippen molar-refractivity contribution in [2.45, 2.75) is 51.0 Å². The van der Waals surface area contributed by atoms with Gasteiger partial charge in [-0.15, -0.1) is 11.3 Å². The Labute approximate surface area is 125 Å². The van der Waals surface area contributed by atoms with Crippen molar-refractivity contribution in [1.82, 2.24) is 4.98 Å². The Balaban J connectivity index is 1.96. The highest BCUT2D eigenvalue weighted by atomic mass is 32.1. The first kappa shape index (κ1) is 13.8. The van der Waals surface area contributed by atoms with Crippen molar-refractivity contribution < 1.29 is 0 Å². The van der Waals surface area contributed by atoms with Gasteiger partial charge in [-0.25, -0.2) is 4.98 Å². The third-order valence-electron chi connectivity index (χ3n) is 4.27. The SMILES string of the molecule is Cc1sc(C2(N)CCCCCC2)nc1-c1ccccc1. The first-order valence-electron chi connectivity index (χ1n) is 7.51. The summed E-state index contributed by atoms with van der Waals surface area (Å²) in [6.07, 6.45) is 7.25. The lowest BCUT2D eigenvalue weighted by Crippen LogP contribution is -2.35. The van der Waals surface area contributed by atoms with E-state index in [9.17, 15) is 0 Å². The maximum Gasteiger partial charge on any atom is 0.113 e. The molecule has 0 amide bonds. The van der Waals surface area contributed by atoms with Crippen LogP contribution in [0, 0.1) is 6.92 Å². The van der Waals surface area contributed by atoms with E-state index >= 15 is 0 Å². The largest absolute Gasteiger partial charge is 0.319 e. The molecule has 0 radical (unpaired) electrons. The van der Waals surface area contributed by atoms with Crippen LogP contribution in [0.5, 0.6) is 0 Å². The van der Waals surface area contributed by atoms with Gasteiger partial charge in [-0.1, -0.05) is 56.0 Å². The summed E-state index contributed by atoms with van der Waals surface area (Å²) in [6.45, 7) is 2.16.